The monoisotopic (exact) mass is 236 g/mol. The van der Waals surface area contributed by atoms with Crippen molar-refractivity contribution in [1.29, 1.82) is 0 Å². The molecule has 2 rings (SSSR count). The summed E-state index contributed by atoms with van der Waals surface area (Å²) in [4.78, 5) is 11.2. The molecule has 2 bridgehead atoms. The van der Waals surface area contributed by atoms with E-state index < -0.39 is 0 Å². The van der Waals surface area contributed by atoms with Crippen LogP contribution in [0.4, 0.5) is 0 Å². The van der Waals surface area contributed by atoms with E-state index >= 15 is 0 Å². The fraction of sp³-hybridized carbons (Fsp3) is 0.800. The van der Waals surface area contributed by atoms with Crippen molar-refractivity contribution in [3.63, 3.8) is 0 Å². The number of esters is 1. The molecule has 0 aliphatic heterocycles. The maximum Gasteiger partial charge on any atom is 0.302 e. The molecule has 0 N–H and O–H groups in total. The molecule has 2 fully saturated rings. The van der Waals surface area contributed by atoms with Crippen LogP contribution in [0.15, 0.2) is 11.6 Å². The summed E-state index contributed by atoms with van der Waals surface area (Å²) in [6.07, 6.45) is 6.18. The molecule has 0 radical (unpaired) electrons. The van der Waals surface area contributed by atoms with Gasteiger partial charge in [0.25, 0.3) is 0 Å². The Morgan fingerprint density at radius 2 is 2.12 bits per heavy atom. The van der Waals surface area contributed by atoms with E-state index in [1.807, 2.05) is 0 Å². The topological polar surface area (TPSA) is 26.3 Å². The highest BCUT2D eigenvalue weighted by Crippen LogP contribution is 2.53. The molecular weight excluding hydrogens is 212 g/mol. The first-order valence-corrected chi connectivity index (χ1v) is 6.85. The van der Waals surface area contributed by atoms with Crippen molar-refractivity contribution in [3.05, 3.63) is 11.6 Å². The Morgan fingerprint density at radius 1 is 1.41 bits per heavy atom. The van der Waals surface area contributed by atoms with E-state index in [4.69, 9.17) is 4.74 Å². The van der Waals surface area contributed by atoms with Crippen LogP contribution in [0.3, 0.4) is 0 Å². The van der Waals surface area contributed by atoms with Gasteiger partial charge in [0.2, 0.25) is 0 Å². The molecule has 0 aromatic heterocycles. The normalized spacial score (nSPS) is 35.6. The van der Waals surface area contributed by atoms with Crippen molar-refractivity contribution in [3.8, 4) is 0 Å². The van der Waals surface area contributed by atoms with E-state index in [1.165, 1.54) is 26.2 Å². The van der Waals surface area contributed by atoms with Gasteiger partial charge in [0.15, 0.2) is 0 Å². The first-order valence-electron chi connectivity index (χ1n) is 6.85. The summed E-state index contributed by atoms with van der Waals surface area (Å²) in [6, 6.07) is 0. The molecular formula is C15H24O2. The largest absolute Gasteiger partial charge is 0.462 e. The van der Waals surface area contributed by atoms with Gasteiger partial charge in [-0.15, -0.1) is 0 Å². The number of fused-ring (bicyclic) bond motifs is 2. The second-order valence-electron chi connectivity index (χ2n) is 5.98. The summed E-state index contributed by atoms with van der Waals surface area (Å²) in [7, 11) is 0. The molecule has 0 heterocycles. The van der Waals surface area contributed by atoms with Crippen molar-refractivity contribution in [1.82, 2.24) is 0 Å². The number of rotatable bonds is 3. The minimum atomic E-state index is -0.127. The minimum Gasteiger partial charge on any atom is -0.462 e. The van der Waals surface area contributed by atoms with E-state index in [0.717, 1.165) is 11.8 Å². The number of hydrogen-bond donors (Lipinski definition) is 0. The lowest BCUT2D eigenvalue weighted by molar-refractivity contribution is -0.153. The average Bonchev–Trinajstić information content (AvgIpc) is 2.83. The molecule has 2 nitrogen and oxygen atoms in total. The molecule has 2 aliphatic rings. The van der Waals surface area contributed by atoms with E-state index in [0.29, 0.717) is 11.8 Å². The van der Waals surface area contributed by atoms with Crippen LogP contribution in [0.2, 0.25) is 0 Å². The van der Waals surface area contributed by atoms with Gasteiger partial charge >= 0.3 is 5.97 Å². The van der Waals surface area contributed by atoms with Gasteiger partial charge in [0.1, 0.15) is 6.10 Å². The standard InChI is InChI=1S/C15H24O2/c1-5-11-6-13-7-12(11)8-14(13)15(9(2)3)17-10(4)16/h5,9,12-15H,6-8H2,1-4H3/t12-,13+,14?,15?/m0/s1. The first kappa shape index (κ1) is 12.7. The Bertz CT molecular complexity index is 330. The van der Waals surface area contributed by atoms with Crippen LogP contribution in [-0.2, 0) is 9.53 Å². The summed E-state index contributed by atoms with van der Waals surface area (Å²) in [6.45, 7) is 8.00. The van der Waals surface area contributed by atoms with Crippen molar-refractivity contribution in [2.75, 3.05) is 0 Å². The number of allylic oxidation sites excluding steroid dienone is 2. The summed E-state index contributed by atoms with van der Waals surface area (Å²) in [5.41, 5.74) is 1.64. The van der Waals surface area contributed by atoms with Gasteiger partial charge in [-0.25, -0.2) is 0 Å². The van der Waals surface area contributed by atoms with Crippen LogP contribution in [0, 0.1) is 23.7 Å². The van der Waals surface area contributed by atoms with E-state index in [9.17, 15) is 4.79 Å². The highest BCUT2D eigenvalue weighted by Gasteiger charge is 2.47. The van der Waals surface area contributed by atoms with Crippen LogP contribution in [-0.4, -0.2) is 12.1 Å². The van der Waals surface area contributed by atoms with Gasteiger partial charge in [-0.1, -0.05) is 25.5 Å². The molecule has 2 heteroatoms. The molecule has 0 spiro atoms. The van der Waals surface area contributed by atoms with Gasteiger partial charge in [0, 0.05) is 6.92 Å². The number of hydrogen-bond acceptors (Lipinski definition) is 2. The summed E-state index contributed by atoms with van der Waals surface area (Å²) >= 11 is 0. The van der Waals surface area contributed by atoms with Crippen molar-refractivity contribution in [2.45, 2.75) is 53.1 Å². The summed E-state index contributed by atoms with van der Waals surface area (Å²) in [5, 5.41) is 0. The smallest absolute Gasteiger partial charge is 0.302 e. The predicted octanol–water partition coefficient (Wildman–Crippen LogP) is 3.57. The average molecular weight is 236 g/mol. The molecule has 2 saturated carbocycles. The quantitative estimate of drug-likeness (QED) is 0.553. The molecule has 0 aromatic rings. The van der Waals surface area contributed by atoms with E-state index in [-0.39, 0.29) is 12.1 Å². The zero-order valence-corrected chi connectivity index (χ0v) is 11.4. The molecule has 0 saturated heterocycles. The maximum absolute atomic E-state index is 11.2. The molecule has 0 aromatic carbocycles. The zero-order valence-electron chi connectivity index (χ0n) is 11.4. The number of carbonyl (C=O) groups is 1. The van der Waals surface area contributed by atoms with Gasteiger partial charge < -0.3 is 4.74 Å². The molecule has 0 amide bonds. The van der Waals surface area contributed by atoms with E-state index in [1.54, 1.807) is 5.57 Å². The molecule has 96 valence electrons. The SMILES string of the molecule is CC=C1C[C@@H]2C[C@H]1CC2C(OC(C)=O)C(C)C. The zero-order chi connectivity index (χ0) is 12.6. The highest BCUT2D eigenvalue weighted by atomic mass is 16.5. The third-order valence-corrected chi connectivity index (χ3v) is 4.52. The first-order chi connectivity index (χ1) is 8.02. The maximum atomic E-state index is 11.2. The lowest BCUT2D eigenvalue weighted by Gasteiger charge is -2.33. The lowest BCUT2D eigenvalue weighted by Crippen LogP contribution is -2.34. The van der Waals surface area contributed by atoms with Crippen LogP contribution >= 0.6 is 0 Å². The predicted molar refractivity (Wildman–Crippen MR) is 68.5 cm³/mol. The van der Waals surface area contributed by atoms with Crippen LogP contribution in [0.1, 0.15) is 47.0 Å². The number of ether oxygens (including phenoxy) is 1. The van der Waals surface area contributed by atoms with Gasteiger partial charge in [0.05, 0.1) is 0 Å². The Balaban J connectivity index is 2.06. The van der Waals surface area contributed by atoms with Crippen molar-refractivity contribution in [2.24, 2.45) is 23.7 Å². The lowest BCUT2D eigenvalue weighted by atomic mass is 9.79. The Morgan fingerprint density at radius 3 is 2.53 bits per heavy atom. The second-order valence-corrected chi connectivity index (χ2v) is 5.98. The van der Waals surface area contributed by atoms with Crippen molar-refractivity contribution < 1.29 is 9.53 Å². The third-order valence-electron chi connectivity index (χ3n) is 4.52. The fourth-order valence-corrected chi connectivity index (χ4v) is 3.83. The second kappa shape index (κ2) is 4.83. The Hall–Kier alpha value is -0.790. The minimum absolute atomic E-state index is 0.126. The molecule has 4 atom stereocenters. The fourth-order valence-electron chi connectivity index (χ4n) is 3.83. The highest BCUT2D eigenvalue weighted by molar-refractivity contribution is 5.66. The van der Waals surface area contributed by atoms with Crippen molar-refractivity contribution >= 4 is 5.97 Å². The van der Waals surface area contributed by atoms with Crippen LogP contribution in [0.5, 0.6) is 0 Å². The Labute approximate surface area is 104 Å². The van der Waals surface area contributed by atoms with E-state index in [2.05, 4.69) is 26.8 Å². The summed E-state index contributed by atoms with van der Waals surface area (Å²) < 4.78 is 5.56. The third kappa shape index (κ3) is 2.41. The molecule has 17 heavy (non-hydrogen) atoms. The Kier molecular flexibility index (Phi) is 3.60. The number of carbonyl (C=O) groups excluding carboxylic acids is 1. The molecule has 2 unspecified atom stereocenters. The van der Waals surface area contributed by atoms with Gasteiger partial charge in [-0.3, -0.25) is 4.79 Å². The summed E-state index contributed by atoms with van der Waals surface area (Å²) in [5.74, 6) is 2.41. The molecule has 2 aliphatic carbocycles. The van der Waals surface area contributed by atoms with Gasteiger partial charge in [-0.05, 0) is 49.9 Å². The van der Waals surface area contributed by atoms with Gasteiger partial charge in [-0.2, -0.15) is 0 Å². The van der Waals surface area contributed by atoms with Crippen LogP contribution in [0.25, 0.3) is 0 Å². The van der Waals surface area contributed by atoms with Crippen LogP contribution < -0.4 is 0 Å².